The highest BCUT2D eigenvalue weighted by Gasteiger charge is 2.15. The Balaban J connectivity index is 2.37. The standard InChI is InChI=1S/C11H8ClIN2O2S/c12-8-6-10(11(13)14-7-8)15-18(16,17)9-4-2-1-3-5-9/h1-7,15H. The second-order valence-electron chi connectivity index (χ2n) is 3.41. The molecule has 0 atom stereocenters. The lowest BCUT2D eigenvalue weighted by molar-refractivity contribution is 0.601. The van der Waals surface area contributed by atoms with Gasteiger partial charge < -0.3 is 0 Å². The van der Waals surface area contributed by atoms with E-state index in [0.717, 1.165) is 0 Å². The fourth-order valence-corrected chi connectivity index (χ4v) is 3.15. The molecule has 0 unspecified atom stereocenters. The molecule has 0 saturated carbocycles. The topological polar surface area (TPSA) is 59.1 Å². The van der Waals surface area contributed by atoms with Gasteiger partial charge in [0.15, 0.2) is 0 Å². The van der Waals surface area contributed by atoms with Crippen LogP contribution < -0.4 is 4.72 Å². The van der Waals surface area contributed by atoms with Gasteiger partial charge in [-0.25, -0.2) is 13.4 Å². The lowest BCUT2D eigenvalue weighted by Crippen LogP contribution is -2.14. The Labute approximate surface area is 124 Å². The van der Waals surface area contributed by atoms with Gasteiger partial charge in [-0.3, -0.25) is 4.72 Å². The number of halogens is 2. The van der Waals surface area contributed by atoms with Gasteiger partial charge >= 0.3 is 0 Å². The number of rotatable bonds is 3. The van der Waals surface area contributed by atoms with Gasteiger partial charge in [-0.1, -0.05) is 29.8 Å². The molecule has 0 amide bonds. The van der Waals surface area contributed by atoms with Crippen LogP contribution in [0.25, 0.3) is 0 Å². The number of nitrogens with one attached hydrogen (secondary N) is 1. The summed E-state index contributed by atoms with van der Waals surface area (Å²) < 4.78 is 27.2. The molecule has 0 fully saturated rings. The summed E-state index contributed by atoms with van der Waals surface area (Å²) in [5.41, 5.74) is 0.368. The van der Waals surface area contributed by atoms with Crippen LogP contribution >= 0.6 is 34.2 Å². The first-order chi connectivity index (χ1) is 8.49. The molecule has 18 heavy (non-hydrogen) atoms. The highest BCUT2D eigenvalue weighted by Crippen LogP contribution is 2.23. The van der Waals surface area contributed by atoms with Crippen LogP contribution in [0.2, 0.25) is 5.02 Å². The second kappa shape index (κ2) is 5.41. The lowest BCUT2D eigenvalue weighted by atomic mass is 10.4. The van der Waals surface area contributed by atoms with Crippen LogP contribution in [-0.2, 0) is 10.0 Å². The number of anilines is 1. The molecule has 0 aliphatic heterocycles. The third-order valence-corrected chi connectivity index (χ3v) is 4.55. The van der Waals surface area contributed by atoms with Gasteiger partial charge in [-0.2, -0.15) is 0 Å². The summed E-state index contributed by atoms with van der Waals surface area (Å²) >= 11 is 7.73. The van der Waals surface area contributed by atoms with Gasteiger partial charge in [0.2, 0.25) is 0 Å². The van der Waals surface area contributed by atoms with Crippen molar-refractivity contribution in [3.05, 3.63) is 51.3 Å². The van der Waals surface area contributed by atoms with Gasteiger partial charge in [0.25, 0.3) is 10.0 Å². The van der Waals surface area contributed by atoms with E-state index in [1.165, 1.54) is 24.4 Å². The van der Waals surface area contributed by atoms with Gasteiger partial charge in [0.1, 0.15) is 3.70 Å². The van der Waals surface area contributed by atoms with Gasteiger partial charge in [0, 0.05) is 6.20 Å². The number of pyridine rings is 1. The number of aromatic nitrogens is 1. The molecule has 1 aromatic heterocycles. The third kappa shape index (κ3) is 3.12. The first-order valence-corrected chi connectivity index (χ1v) is 7.82. The maximum absolute atomic E-state index is 12.1. The predicted octanol–water partition coefficient (Wildman–Crippen LogP) is 3.14. The largest absolute Gasteiger partial charge is 0.277 e. The molecule has 0 aliphatic carbocycles. The van der Waals surface area contributed by atoms with E-state index in [1.54, 1.807) is 18.2 Å². The minimum Gasteiger partial charge on any atom is -0.277 e. The van der Waals surface area contributed by atoms with Crippen molar-refractivity contribution in [2.45, 2.75) is 4.90 Å². The van der Waals surface area contributed by atoms with E-state index in [-0.39, 0.29) is 4.90 Å². The van der Waals surface area contributed by atoms with Crippen molar-refractivity contribution in [1.82, 2.24) is 4.98 Å². The zero-order valence-electron chi connectivity index (χ0n) is 8.97. The minimum absolute atomic E-state index is 0.195. The molecule has 2 rings (SSSR count). The fourth-order valence-electron chi connectivity index (χ4n) is 1.30. The number of hydrogen-bond acceptors (Lipinski definition) is 3. The van der Waals surface area contributed by atoms with Crippen molar-refractivity contribution in [2.75, 3.05) is 4.72 Å². The van der Waals surface area contributed by atoms with Crippen molar-refractivity contribution in [3.8, 4) is 0 Å². The number of nitrogens with zero attached hydrogens (tertiary/aromatic N) is 1. The van der Waals surface area contributed by atoms with Crippen LogP contribution in [-0.4, -0.2) is 13.4 Å². The first kappa shape index (κ1) is 13.6. The molecule has 0 spiro atoms. The normalized spacial score (nSPS) is 11.2. The molecule has 1 N–H and O–H groups in total. The zero-order chi connectivity index (χ0) is 13.2. The maximum atomic E-state index is 12.1. The van der Waals surface area contributed by atoms with Crippen LogP contribution in [0.5, 0.6) is 0 Å². The molecular weight excluding hydrogens is 387 g/mol. The van der Waals surface area contributed by atoms with Gasteiger partial charge in [0.05, 0.1) is 15.6 Å². The molecule has 0 saturated heterocycles. The summed E-state index contributed by atoms with van der Waals surface area (Å²) in [7, 11) is -3.61. The number of benzene rings is 1. The number of sulfonamides is 1. The molecule has 7 heteroatoms. The predicted molar refractivity (Wildman–Crippen MR) is 79.2 cm³/mol. The van der Waals surface area contributed by atoms with Crippen LogP contribution in [0.1, 0.15) is 0 Å². The van der Waals surface area contributed by atoms with E-state index in [1.807, 2.05) is 22.6 Å². The highest BCUT2D eigenvalue weighted by molar-refractivity contribution is 14.1. The molecule has 1 heterocycles. The van der Waals surface area contributed by atoms with E-state index in [9.17, 15) is 8.42 Å². The highest BCUT2D eigenvalue weighted by atomic mass is 127. The van der Waals surface area contributed by atoms with Crippen LogP contribution in [0, 0.1) is 3.70 Å². The molecule has 1 aromatic carbocycles. The summed E-state index contributed by atoms with van der Waals surface area (Å²) in [4.78, 5) is 4.18. The smallest absolute Gasteiger partial charge is 0.261 e. The van der Waals surface area contributed by atoms with Crippen molar-refractivity contribution < 1.29 is 8.42 Å². The molecule has 94 valence electrons. The quantitative estimate of drug-likeness (QED) is 0.643. The Morgan fingerprint density at radius 2 is 1.89 bits per heavy atom. The van der Waals surface area contributed by atoms with Crippen LogP contribution in [0.4, 0.5) is 5.69 Å². The zero-order valence-corrected chi connectivity index (χ0v) is 12.7. The van der Waals surface area contributed by atoms with Crippen LogP contribution in [0.3, 0.4) is 0 Å². The summed E-state index contributed by atoms with van der Waals surface area (Å²) in [6.45, 7) is 0. The molecule has 4 nitrogen and oxygen atoms in total. The second-order valence-corrected chi connectivity index (χ2v) is 6.55. The Kier molecular flexibility index (Phi) is 4.08. The molecule has 2 aromatic rings. The monoisotopic (exact) mass is 394 g/mol. The number of hydrogen-bond donors (Lipinski definition) is 1. The Hall–Kier alpha value is -0.860. The fraction of sp³-hybridized carbons (Fsp3) is 0. The van der Waals surface area contributed by atoms with Crippen molar-refractivity contribution in [3.63, 3.8) is 0 Å². The van der Waals surface area contributed by atoms with Crippen molar-refractivity contribution in [2.24, 2.45) is 0 Å². The Morgan fingerprint density at radius 1 is 1.22 bits per heavy atom. The molecule has 0 radical (unpaired) electrons. The van der Waals surface area contributed by atoms with E-state index in [0.29, 0.717) is 14.4 Å². The molecule has 0 bridgehead atoms. The van der Waals surface area contributed by atoms with Crippen molar-refractivity contribution >= 4 is 49.9 Å². The maximum Gasteiger partial charge on any atom is 0.261 e. The summed E-state index contributed by atoms with van der Waals surface area (Å²) in [5, 5.41) is 0.376. The molecular formula is C11H8ClIN2O2S. The Morgan fingerprint density at radius 3 is 2.56 bits per heavy atom. The Bertz CT molecular complexity index is 662. The minimum atomic E-state index is -3.61. The average molecular weight is 395 g/mol. The summed E-state index contributed by atoms with van der Waals surface area (Å²) in [5.74, 6) is 0. The average Bonchev–Trinajstić information content (AvgIpc) is 2.35. The lowest BCUT2D eigenvalue weighted by Gasteiger charge is -2.09. The van der Waals surface area contributed by atoms with E-state index < -0.39 is 10.0 Å². The van der Waals surface area contributed by atoms with Crippen molar-refractivity contribution in [1.29, 1.82) is 0 Å². The van der Waals surface area contributed by atoms with Gasteiger partial charge in [-0.15, -0.1) is 0 Å². The van der Waals surface area contributed by atoms with E-state index in [4.69, 9.17) is 11.6 Å². The first-order valence-electron chi connectivity index (χ1n) is 4.88. The SMILES string of the molecule is O=S(=O)(Nc1cc(Cl)cnc1I)c1ccccc1. The third-order valence-electron chi connectivity index (χ3n) is 2.10. The molecule has 0 aliphatic rings. The van der Waals surface area contributed by atoms with E-state index >= 15 is 0 Å². The van der Waals surface area contributed by atoms with Crippen LogP contribution in [0.15, 0.2) is 47.5 Å². The summed E-state index contributed by atoms with van der Waals surface area (Å²) in [6, 6.07) is 9.65. The van der Waals surface area contributed by atoms with Gasteiger partial charge in [-0.05, 0) is 40.8 Å². The van der Waals surface area contributed by atoms with E-state index in [2.05, 4.69) is 9.71 Å². The summed E-state index contributed by atoms with van der Waals surface area (Å²) in [6.07, 6.45) is 1.46.